The first-order valence-corrected chi connectivity index (χ1v) is 11.9. The molecular formula is C27H29ClN2O4. The fourth-order valence-corrected chi connectivity index (χ4v) is 4.60. The first-order chi connectivity index (χ1) is 16.4. The maximum Gasteiger partial charge on any atom is 0.244 e. The van der Waals surface area contributed by atoms with Gasteiger partial charge in [0.2, 0.25) is 11.8 Å². The number of carbonyl (C=O) groups is 2. The van der Waals surface area contributed by atoms with Crippen molar-refractivity contribution in [2.75, 3.05) is 26.7 Å². The van der Waals surface area contributed by atoms with E-state index in [0.717, 1.165) is 58.2 Å². The van der Waals surface area contributed by atoms with Crippen molar-refractivity contribution in [3.05, 3.63) is 58.8 Å². The molecule has 0 atom stereocenters. The van der Waals surface area contributed by atoms with Gasteiger partial charge in [0.05, 0.1) is 13.4 Å². The standard InChI is InChI=1S/C27H29ClN2O4/c1-17(14-24(31)29-11-5-13-30-12-4-6-25(30)32)21-15-22-23(19-7-9-20(28)10-8-19)16-34-27(22)18(2)26(21)33-3/h7-10,14-16H,4-6,11-13H2,1-3H3,(H,29,31)/b17-14+. The van der Waals surface area contributed by atoms with E-state index in [1.54, 1.807) is 19.4 Å². The SMILES string of the molecule is COc1c(/C(C)=C/C(=O)NCCCN2CCCC2=O)cc2c(-c3ccc(Cl)cc3)coc2c1C. The molecule has 0 spiro atoms. The fraction of sp³-hybridized carbons (Fsp3) is 0.333. The van der Waals surface area contributed by atoms with Gasteiger partial charge in [0.15, 0.2) is 0 Å². The highest BCUT2D eigenvalue weighted by Gasteiger charge is 2.20. The van der Waals surface area contributed by atoms with Crippen LogP contribution in [0.15, 0.2) is 47.1 Å². The number of halogens is 1. The van der Waals surface area contributed by atoms with Gasteiger partial charge in [-0.15, -0.1) is 0 Å². The van der Waals surface area contributed by atoms with E-state index in [1.165, 1.54) is 0 Å². The van der Waals surface area contributed by atoms with Crippen LogP contribution in [0.4, 0.5) is 0 Å². The Morgan fingerprint density at radius 1 is 1.29 bits per heavy atom. The van der Waals surface area contributed by atoms with Gasteiger partial charge >= 0.3 is 0 Å². The molecule has 34 heavy (non-hydrogen) atoms. The Kier molecular flexibility index (Phi) is 7.27. The second kappa shape index (κ2) is 10.3. The van der Waals surface area contributed by atoms with Crippen molar-refractivity contribution in [3.63, 3.8) is 0 Å². The monoisotopic (exact) mass is 480 g/mol. The summed E-state index contributed by atoms with van der Waals surface area (Å²) in [6.45, 7) is 5.86. The number of methoxy groups -OCH3 is 1. The maximum absolute atomic E-state index is 12.6. The number of aryl methyl sites for hydroxylation is 1. The van der Waals surface area contributed by atoms with Crippen molar-refractivity contribution in [3.8, 4) is 16.9 Å². The van der Waals surface area contributed by atoms with Crippen LogP contribution in [0.25, 0.3) is 27.7 Å². The normalized spacial score (nSPS) is 14.2. The number of carbonyl (C=O) groups excluding carboxylic acids is 2. The topological polar surface area (TPSA) is 71.8 Å². The molecule has 1 saturated heterocycles. The first-order valence-electron chi connectivity index (χ1n) is 11.5. The third-order valence-electron chi connectivity index (χ3n) is 6.25. The first kappa shape index (κ1) is 23.9. The lowest BCUT2D eigenvalue weighted by Gasteiger charge is -2.15. The molecule has 7 heteroatoms. The molecule has 0 bridgehead atoms. The van der Waals surface area contributed by atoms with Crippen molar-refractivity contribution in [1.82, 2.24) is 10.2 Å². The summed E-state index contributed by atoms with van der Waals surface area (Å²) < 4.78 is 11.6. The molecule has 0 aliphatic carbocycles. The van der Waals surface area contributed by atoms with Gasteiger partial charge in [0.1, 0.15) is 11.3 Å². The molecular weight excluding hydrogens is 452 g/mol. The number of allylic oxidation sites excluding steroid dienone is 1. The van der Waals surface area contributed by atoms with E-state index in [9.17, 15) is 9.59 Å². The summed E-state index contributed by atoms with van der Waals surface area (Å²) in [5, 5.41) is 4.54. The van der Waals surface area contributed by atoms with Crippen LogP contribution in [0.5, 0.6) is 5.75 Å². The number of rotatable bonds is 8. The summed E-state index contributed by atoms with van der Waals surface area (Å²) in [4.78, 5) is 26.1. The third-order valence-corrected chi connectivity index (χ3v) is 6.50. The molecule has 2 amide bonds. The average molecular weight is 481 g/mol. The number of nitrogens with one attached hydrogen (secondary N) is 1. The van der Waals surface area contributed by atoms with Gasteiger partial charge in [0.25, 0.3) is 0 Å². The molecule has 0 saturated carbocycles. The van der Waals surface area contributed by atoms with Gasteiger partial charge in [-0.3, -0.25) is 9.59 Å². The summed E-state index contributed by atoms with van der Waals surface area (Å²) in [6, 6.07) is 9.62. The van der Waals surface area contributed by atoms with Gasteiger partial charge in [-0.2, -0.15) is 0 Å². The number of nitrogens with zero attached hydrogens (tertiary/aromatic N) is 1. The van der Waals surface area contributed by atoms with Crippen molar-refractivity contribution in [2.24, 2.45) is 0 Å². The van der Waals surface area contributed by atoms with E-state index in [-0.39, 0.29) is 11.8 Å². The Morgan fingerprint density at radius 2 is 2.06 bits per heavy atom. The predicted molar refractivity (Wildman–Crippen MR) is 135 cm³/mol. The molecule has 1 N–H and O–H groups in total. The lowest BCUT2D eigenvalue weighted by molar-refractivity contribution is -0.127. The van der Waals surface area contributed by atoms with Crippen molar-refractivity contribution < 1.29 is 18.7 Å². The van der Waals surface area contributed by atoms with E-state index < -0.39 is 0 Å². The van der Waals surface area contributed by atoms with Crippen LogP contribution in [0.2, 0.25) is 5.02 Å². The van der Waals surface area contributed by atoms with Crippen LogP contribution in [0.3, 0.4) is 0 Å². The maximum atomic E-state index is 12.6. The summed E-state index contributed by atoms with van der Waals surface area (Å²) in [6.07, 6.45) is 5.62. The van der Waals surface area contributed by atoms with E-state index in [4.69, 9.17) is 20.8 Å². The Morgan fingerprint density at radius 3 is 2.74 bits per heavy atom. The van der Waals surface area contributed by atoms with Crippen LogP contribution < -0.4 is 10.1 Å². The van der Waals surface area contributed by atoms with Crippen LogP contribution in [0, 0.1) is 6.92 Å². The summed E-state index contributed by atoms with van der Waals surface area (Å²) in [5.74, 6) is 0.714. The number of ether oxygens (including phenoxy) is 1. The second-order valence-corrected chi connectivity index (χ2v) is 9.01. The lowest BCUT2D eigenvalue weighted by atomic mass is 9.96. The number of benzene rings is 2. The van der Waals surface area contributed by atoms with Crippen molar-refractivity contribution >= 4 is 40.0 Å². The number of furan rings is 1. The number of amides is 2. The van der Waals surface area contributed by atoms with Crippen LogP contribution in [-0.2, 0) is 9.59 Å². The molecule has 1 aliphatic heterocycles. The van der Waals surface area contributed by atoms with Gasteiger partial charge in [-0.05, 0) is 56.0 Å². The largest absolute Gasteiger partial charge is 0.496 e. The van der Waals surface area contributed by atoms with Gasteiger partial charge in [-0.1, -0.05) is 23.7 Å². The van der Waals surface area contributed by atoms with Crippen LogP contribution in [-0.4, -0.2) is 43.5 Å². The van der Waals surface area contributed by atoms with Gasteiger partial charge in [-0.25, -0.2) is 0 Å². The summed E-state index contributed by atoms with van der Waals surface area (Å²) in [7, 11) is 1.62. The van der Waals surface area contributed by atoms with Crippen molar-refractivity contribution in [2.45, 2.75) is 33.1 Å². The molecule has 0 radical (unpaired) electrons. The smallest absolute Gasteiger partial charge is 0.244 e. The Bertz CT molecular complexity index is 1240. The summed E-state index contributed by atoms with van der Waals surface area (Å²) in [5.41, 5.74) is 5.19. The Labute approximate surface area is 204 Å². The Hall–Kier alpha value is -3.25. The van der Waals surface area contributed by atoms with E-state index in [0.29, 0.717) is 30.3 Å². The molecule has 6 nitrogen and oxygen atoms in total. The Balaban J connectivity index is 1.54. The minimum atomic E-state index is -0.171. The minimum Gasteiger partial charge on any atom is -0.496 e. The molecule has 178 valence electrons. The zero-order chi connectivity index (χ0) is 24.2. The molecule has 1 fully saturated rings. The number of hydrogen-bond donors (Lipinski definition) is 1. The van der Waals surface area contributed by atoms with Crippen LogP contribution in [0.1, 0.15) is 37.3 Å². The zero-order valence-electron chi connectivity index (χ0n) is 19.7. The molecule has 1 aliphatic rings. The van der Waals surface area contributed by atoms with E-state index in [2.05, 4.69) is 5.32 Å². The third kappa shape index (κ3) is 4.97. The zero-order valence-corrected chi connectivity index (χ0v) is 20.5. The van der Waals surface area contributed by atoms with Crippen molar-refractivity contribution in [1.29, 1.82) is 0 Å². The molecule has 1 aromatic heterocycles. The molecule has 4 rings (SSSR count). The fourth-order valence-electron chi connectivity index (χ4n) is 4.47. The highest BCUT2D eigenvalue weighted by molar-refractivity contribution is 6.30. The predicted octanol–water partition coefficient (Wildman–Crippen LogP) is 5.60. The second-order valence-electron chi connectivity index (χ2n) is 8.57. The molecule has 2 aromatic carbocycles. The molecule has 2 heterocycles. The highest BCUT2D eigenvalue weighted by atomic mass is 35.5. The average Bonchev–Trinajstić information content (AvgIpc) is 3.43. The lowest BCUT2D eigenvalue weighted by Crippen LogP contribution is -2.30. The quantitative estimate of drug-likeness (QED) is 0.336. The van der Waals surface area contributed by atoms with E-state index >= 15 is 0 Å². The number of likely N-dealkylation sites (tertiary alicyclic amines) is 1. The van der Waals surface area contributed by atoms with Gasteiger partial charge in [0, 0.05) is 59.2 Å². The molecule has 0 unspecified atom stereocenters. The van der Waals surface area contributed by atoms with Gasteiger partial charge < -0.3 is 19.4 Å². The number of hydrogen-bond acceptors (Lipinski definition) is 4. The minimum absolute atomic E-state index is 0.171. The molecule has 3 aromatic rings. The summed E-state index contributed by atoms with van der Waals surface area (Å²) >= 11 is 6.05. The van der Waals surface area contributed by atoms with Crippen LogP contribution >= 0.6 is 11.6 Å². The number of fused-ring (bicyclic) bond motifs is 1. The van der Waals surface area contributed by atoms with E-state index in [1.807, 2.05) is 49.1 Å². The highest BCUT2D eigenvalue weighted by Crippen LogP contribution is 2.40.